The maximum Gasteiger partial charge on any atom is 0.122 e. The van der Waals surface area contributed by atoms with Gasteiger partial charge in [0.25, 0.3) is 0 Å². The molecule has 0 spiro atoms. The Kier molecular flexibility index (Phi) is 2.44. The van der Waals surface area contributed by atoms with Gasteiger partial charge in [0.2, 0.25) is 0 Å². The summed E-state index contributed by atoms with van der Waals surface area (Å²) in [5.41, 5.74) is 3.26. The topological polar surface area (TPSA) is 21.3 Å². The van der Waals surface area contributed by atoms with Gasteiger partial charge in [-0.05, 0) is 47.9 Å². The van der Waals surface area contributed by atoms with Crippen molar-refractivity contribution >= 4 is 0 Å². The van der Waals surface area contributed by atoms with Crippen LogP contribution < -0.4 is 10.1 Å². The van der Waals surface area contributed by atoms with Crippen molar-refractivity contribution in [3.63, 3.8) is 0 Å². The Labute approximate surface area is 103 Å². The molecule has 1 heterocycles. The van der Waals surface area contributed by atoms with E-state index in [4.69, 9.17) is 4.74 Å². The van der Waals surface area contributed by atoms with Crippen LogP contribution in [-0.4, -0.2) is 19.7 Å². The first-order valence-electron chi connectivity index (χ1n) is 6.56. The minimum Gasteiger partial charge on any atom is -0.496 e. The third kappa shape index (κ3) is 1.43. The van der Waals surface area contributed by atoms with Gasteiger partial charge in [-0.15, -0.1) is 0 Å². The molecule has 1 aliphatic heterocycles. The summed E-state index contributed by atoms with van der Waals surface area (Å²) in [7, 11) is 1.78. The van der Waals surface area contributed by atoms with Gasteiger partial charge in [-0.1, -0.05) is 26.0 Å². The summed E-state index contributed by atoms with van der Waals surface area (Å²) >= 11 is 0. The molecule has 1 aromatic carbocycles. The Morgan fingerprint density at radius 2 is 2.24 bits per heavy atom. The number of hydrogen-bond donors (Lipinski definition) is 1. The Balaban J connectivity index is 2.18. The second kappa shape index (κ2) is 3.74. The van der Waals surface area contributed by atoms with Crippen LogP contribution in [0.4, 0.5) is 0 Å². The van der Waals surface area contributed by atoms with Crippen LogP contribution in [0.25, 0.3) is 0 Å². The zero-order valence-corrected chi connectivity index (χ0v) is 10.9. The smallest absolute Gasteiger partial charge is 0.122 e. The number of rotatable bonds is 1. The van der Waals surface area contributed by atoms with E-state index in [0.29, 0.717) is 17.4 Å². The van der Waals surface area contributed by atoms with Crippen molar-refractivity contribution in [3.05, 3.63) is 29.3 Å². The van der Waals surface area contributed by atoms with Crippen molar-refractivity contribution in [2.45, 2.75) is 38.1 Å². The largest absolute Gasteiger partial charge is 0.496 e. The van der Waals surface area contributed by atoms with Crippen LogP contribution in [0, 0.1) is 5.92 Å². The fourth-order valence-electron chi connectivity index (χ4n) is 3.72. The molecule has 1 aliphatic carbocycles. The third-order valence-electron chi connectivity index (χ3n) is 5.05. The first-order chi connectivity index (χ1) is 8.16. The third-order valence-corrected chi connectivity index (χ3v) is 5.05. The lowest BCUT2D eigenvalue weighted by molar-refractivity contribution is 0.156. The average Bonchev–Trinajstić information content (AvgIpc) is 2.33. The molecule has 17 heavy (non-hydrogen) atoms. The van der Waals surface area contributed by atoms with Gasteiger partial charge in [0, 0.05) is 6.04 Å². The summed E-state index contributed by atoms with van der Waals surface area (Å²) in [4.78, 5) is 0. The number of fused-ring (bicyclic) bond motifs is 4. The SMILES string of the molecule is COc1cccc2c1CC1NCCC2(C)C1C. The maximum absolute atomic E-state index is 5.53. The molecule has 0 amide bonds. The number of nitrogens with one attached hydrogen (secondary N) is 1. The van der Waals surface area contributed by atoms with Gasteiger partial charge >= 0.3 is 0 Å². The molecule has 1 saturated heterocycles. The van der Waals surface area contributed by atoms with Gasteiger partial charge in [-0.2, -0.15) is 0 Å². The molecule has 3 unspecified atom stereocenters. The van der Waals surface area contributed by atoms with Gasteiger partial charge in [-0.25, -0.2) is 0 Å². The minimum absolute atomic E-state index is 0.318. The first kappa shape index (κ1) is 11.1. The summed E-state index contributed by atoms with van der Waals surface area (Å²) in [6.45, 7) is 5.95. The molecule has 1 fully saturated rings. The standard InChI is InChI=1S/C15H21NO/c1-10-13-9-11-12(5-4-6-14(11)17-3)15(10,2)7-8-16-13/h4-6,10,13,16H,7-9H2,1-3H3. The molecule has 2 aliphatic rings. The Bertz CT molecular complexity index is 443. The van der Waals surface area contributed by atoms with Gasteiger partial charge < -0.3 is 10.1 Å². The molecular formula is C15H21NO. The van der Waals surface area contributed by atoms with E-state index in [1.807, 2.05) is 0 Å². The first-order valence-corrected chi connectivity index (χ1v) is 6.56. The Morgan fingerprint density at radius 1 is 1.41 bits per heavy atom. The highest BCUT2D eigenvalue weighted by Crippen LogP contribution is 2.47. The van der Waals surface area contributed by atoms with E-state index in [9.17, 15) is 0 Å². The molecule has 0 radical (unpaired) electrons. The number of piperidine rings is 1. The number of ether oxygens (including phenoxy) is 1. The lowest BCUT2D eigenvalue weighted by Crippen LogP contribution is -2.56. The van der Waals surface area contributed by atoms with Crippen LogP contribution in [0.3, 0.4) is 0 Å². The van der Waals surface area contributed by atoms with E-state index in [1.165, 1.54) is 17.5 Å². The Morgan fingerprint density at radius 3 is 3.00 bits per heavy atom. The molecule has 2 bridgehead atoms. The van der Waals surface area contributed by atoms with E-state index < -0.39 is 0 Å². The molecule has 3 atom stereocenters. The zero-order valence-electron chi connectivity index (χ0n) is 10.9. The van der Waals surface area contributed by atoms with Crippen LogP contribution >= 0.6 is 0 Å². The highest BCUT2D eigenvalue weighted by molar-refractivity contribution is 5.48. The quantitative estimate of drug-likeness (QED) is 0.802. The predicted molar refractivity (Wildman–Crippen MR) is 69.6 cm³/mol. The molecule has 3 rings (SSSR count). The van der Waals surface area contributed by atoms with E-state index in [2.05, 4.69) is 37.4 Å². The van der Waals surface area contributed by atoms with E-state index >= 15 is 0 Å². The van der Waals surface area contributed by atoms with E-state index in [0.717, 1.165) is 18.7 Å². The highest BCUT2D eigenvalue weighted by Gasteiger charge is 2.45. The molecule has 0 saturated carbocycles. The Hall–Kier alpha value is -1.02. The number of hydrogen-bond acceptors (Lipinski definition) is 2. The van der Waals surface area contributed by atoms with Crippen molar-refractivity contribution in [2.75, 3.05) is 13.7 Å². The van der Waals surface area contributed by atoms with Crippen molar-refractivity contribution < 1.29 is 4.74 Å². The van der Waals surface area contributed by atoms with E-state index in [1.54, 1.807) is 7.11 Å². The van der Waals surface area contributed by atoms with Gasteiger partial charge in [0.15, 0.2) is 0 Å². The summed E-state index contributed by atoms with van der Waals surface area (Å²) < 4.78 is 5.53. The second-order valence-corrected chi connectivity index (χ2v) is 5.71. The predicted octanol–water partition coefficient (Wildman–Crippen LogP) is 2.51. The highest BCUT2D eigenvalue weighted by atomic mass is 16.5. The van der Waals surface area contributed by atoms with Crippen LogP contribution in [0.5, 0.6) is 5.75 Å². The van der Waals surface area contributed by atoms with Gasteiger partial charge in [-0.3, -0.25) is 0 Å². The van der Waals surface area contributed by atoms with Gasteiger partial charge in [0.05, 0.1) is 7.11 Å². The molecule has 92 valence electrons. The molecular weight excluding hydrogens is 210 g/mol. The molecule has 1 aromatic rings. The van der Waals surface area contributed by atoms with Crippen LogP contribution in [0.2, 0.25) is 0 Å². The minimum atomic E-state index is 0.318. The van der Waals surface area contributed by atoms with Crippen molar-refractivity contribution in [3.8, 4) is 5.75 Å². The molecule has 2 nitrogen and oxygen atoms in total. The summed E-state index contributed by atoms with van der Waals surface area (Å²) in [6.07, 6.45) is 2.33. The maximum atomic E-state index is 5.53. The average molecular weight is 231 g/mol. The van der Waals surface area contributed by atoms with Crippen molar-refractivity contribution in [1.82, 2.24) is 5.32 Å². The molecule has 1 N–H and O–H groups in total. The monoisotopic (exact) mass is 231 g/mol. The van der Waals surface area contributed by atoms with Gasteiger partial charge in [0.1, 0.15) is 5.75 Å². The second-order valence-electron chi connectivity index (χ2n) is 5.71. The number of benzene rings is 1. The van der Waals surface area contributed by atoms with Crippen LogP contribution in [-0.2, 0) is 11.8 Å². The van der Waals surface area contributed by atoms with Crippen molar-refractivity contribution in [2.24, 2.45) is 5.92 Å². The lowest BCUT2D eigenvalue weighted by atomic mass is 9.59. The fraction of sp³-hybridized carbons (Fsp3) is 0.600. The van der Waals surface area contributed by atoms with Crippen LogP contribution in [0.1, 0.15) is 31.4 Å². The van der Waals surface area contributed by atoms with E-state index in [-0.39, 0.29) is 0 Å². The van der Waals surface area contributed by atoms with Crippen LogP contribution in [0.15, 0.2) is 18.2 Å². The summed E-state index contributed by atoms with van der Waals surface area (Å²) in [5.74, 6) is 1.77. The zero-order chi connectivity index (χ0) is 12.0. The lowest BCUT2D eigenvalue weighted by Gasteiger charge is -2.50. The summed E-state index contributed by atoms with van der Waals surface area (Å²) in [5, 5.41) is 3.66. The fourth-order valence-corrected chi connectivity index (χ4v) is 3.72. The number of methoxy groups -OCH3 is 1. The molecule has 0 aromatic heterocycles. The summed E-state index contributed by atoms with van der Waals surface area (Å²) in [6, 6.07) is 7.14. The normalized spacial score (nSPS) is 35.2. The molecule has 2 heteroatoms. The van der Waals surface area contributed by atoms with Crippen molar-refractivity contribution in [1.29, 1.82) is 0 Å².